The molecule has 1 aromatic carbocycles. The van der Waals surface area contributed by atoms with E-state index in [2.05, 4.69) is 5.32 Å². The van der Waals surface area contributed by atoms with Crippen molar-refractivity contribution in [3.63, 3.8) is 0 Å². The summed E-state index contributed by atoms with van der Waals surface area (Å²) in [5, 5.41) is 12.5. The summed E-state index contributed by atoms with van der Waals surface area (Å²) in [5.41, 5.74) is 0.150. The zero-order valence-electron chi connectivity index (χ0n) is 12.2. The summed E-state index contributed by atoms with van der Waals surface area (Å²) in [6.45, 7) is 3.58. The molecule has 0 aromatic heterocycles. The molecule has 4 nitrogen and oxygen atoms in total. The summed E-state index contributed by atoms with van der Waals surface area (Å²) >= 11 is 7.36. The lowest BCUT2D eigenvalue weighted by Gasteiger charge is -2.23. The molecule has 0 saturated carbocycles. The van der Waals surface area contributed by atoms with Crippen LogP contribution in [0.15, 0.2) is 24.3 Å². The van der Waals surface area contributed by atoms with E-state index in [1.54, 1.807) is 19.9 Å². The summed E-state index contributed by atoms with van der Waals surface area (Å²) in [6, 6.07) is 7.50. The molecule has 0 radical (unpaired) electrons. The standard InChI is InChI=1S/C15H20ClNO3S/c1-3-15(2,14(19)20)10-17-13(18)9-21-8-11-5-4-6-12(16)7-11/h4-7H,3,8-10H2,1-2H3,(H,17,18)(H,19,20). The molecule has 21 heavy (non-hydrogen) atoms. The minimum absolute atomic E-state index is 0.148. The van der Waals surface area contributed by atoms with Crippen molar-refractivity contribution < 1.29 is 14.7 Å². The van der Waals surface area contributed by atoms with Crippen LogP contribution in [0.3, 0.4) is 0 Å². The molecule has 0 spiro atoms. The van der Waals surface area contributed by atoms with E-state index < -0.39 is 11.4 Å². The van der Waals surface area contributed by atoms with Gasteiger partial charge < -0.3 is 10.4 Å². The Hall–Kier alpha value is -1.20. The van der Waals surface area contributed by atoms with Crippen molar-refractivity contribution in [2.75, 3.05) is 12.3 Å². The number of nitrogens with one attached hydrogen (secondary N) is 1. The molecule has 1 aromatic rings. The van der Waals surface area contributed by atoms with E-state index in [9.17, 15) is 9.59 Å². The van der Waals surface area contributed by atoms with Gasteiger partial charge in [0.05, 0.1) is 11.2 Å². The molecule has 6 heteroatoms. The van der Waals surface area contributed by atoms with Crippen LogP contribution in [0.5, 0.6) is 0 Å². The Balaban J connectivity index is 2.33. The van der Waals surface area contributed by atoms with Crippen LogP contribution < -0.4 is 5.32 Å². The maximum Gasteiger partial charge on any atom is 0.311 e. The first-order valence-electron chi connectivity index (χ1n) is 6.69. The number of halogens is 1. The van der Waals surface area contributed by atoms with Gasteiger partial charge in [0.1, 0.15) is 0 Å². The fourth-order valence-electron chi connectivity index (χ4n) is 1.58. The molecule has 1 amide bonds. The van der Waals surface area contributed by atoms with Crippen molar-refractivity contribution in [2.45, 2.75) is 26.0 Å². The van der Waals surface area contributed by atoms with E-state index in [4.69, 9.17) is 16.7 Å². The lowest BCUT2D eigenvalue weighted by molar-refractivity contribution is -0.148. The van der Waals surface area contributed by atoms with Gasteiger partial charge >= 0.3 is 5.97 Å². The van der Waals surface area contributed by atoms with Crippen LogP contribution in [0, 0.1) is 5.41 Å². The molecule has 0 aliphatic rings. The quantitative estimate of drug-likeness (QED) is 0.768. The number of rotatable bonds is 8. The van der Waals surface area contributed by atoms with Crippen LogP contribution in [-0.2, 0) is 15.3 Å². The first-order chi connectivity index (χ1) is 9.87. The lowest BCUT2D eigenvalue weighted by Crippen LogP contribution is -2.41. The maximum absolute atomic E-state index is 11.7. The van der Waals surface area contributed by atoms with Crippen molar-refractivity contribution in [1.29, 1.82) is 0 Å². The second kappa shape index (κ2) is 8.29. The number of hydrogen-bond acceptors (Lipinski definition) is 3. The molecular weight excluding hydrogens is 310 g/mol. The van der Waals surface area contributed by atoms with Gasteiger partial charge in [0.15, 0.2) is 0 Å². The summed E-state index contributed by atoms with van der Waals surface area (Å²) in [6.07, 6.45) is 0.471. The van der Waals surface area contributed by atoms with Gasteiger partial charge in [0, 0.05) is 17.3 Å². The highest BCUT2D eigenvalue weighted by atomic mass is 35.5. The Morgan fingerprint density at radius 3 is 2.71 bits per heavy atom. The van der Waals surface area contributed by atoms with E-state index >= 15 is 0 Å². The Labute approximate surface area is 134 Å². The number of amides is 1. The number of carboxylic acids is 1. The average Bonchev–Trinajstić information content (AvgIpc) is 2.44. The van der Waals surface area contributed by atoms with Gasteiger partial charge in [-0.25, -0.2) is 0 Å². The number of carbonyl (C=O) groups excluding carboxylic acids is 1. The molecule has 1 rings (SSSR count). The van der Waals surface area contributed by atoms with E-state index in [1.165, 1.54) is 11.8 Å². The maximum atomic E-state index is 11.7. The highest BCUT2D eigenvalue weighted by Crippen LogP contribution is 2.20. The second-order valence-corrected chi connectivity index (χ2v) is 6.54. The molecule has 0 fully saturated rings. The zero-order valence-corrected chi connectivity index (χ0v) is 13.8. The van der Waals surface area contributed by atoms with Crippen LogP contribution in [0.4, 0.5) is 0 Å². The number of hydrogen-bond donors (Lipinski definition) is 2. The van der Waals surface area contributed by atoms with Gasteiger partial charge in [0.2, 0.25) is 5.91 Å². The third-order valence-corrected chi connectivity index (χ3v) is 4.60. The van der Waals surface area contributed by atoms with E-state index in [1.807, 2.05) is 18.2 Å². The van der Waals surface area contributed by atoms with Gasteiger partial charge in [-0.1, -0.05) is 30.7 Å². The fourth-order valence-corrected chi connectivity index (χ4v) is 2.60. The Morgan fingerprint density at radius 2 is 2.14 bits per heavy atom. The molecule has 116 valence electrons. The lowest BCUT2D eigenvalue weighted by atomic mass is 9.88. The third kappa shape index (κ3) is 5.98. The predicted octanol–water partition coefficient (Wildman–Crippen LogP) is 3.19. The monoisotopic (exact) mass is 329 g/mol. The summed E-state index contributed by atoms with van der Waals surface area (Å²) in [7, 11) is 0. The second-order valence-electron chi connectivity index (χ2n) is 5.12. The van der Waals surface area contributed by atoms with E-state index in [0.717, 1.165) is 5.56 Å². The van der Waals surface area contributed by atoms with Gasteiger partial charge in [-0.3, -0.25) is 9.59 Å². The number of carbonyl (C=O) groups is 2. The Bertz CT molecular complexity index is 509. The SMILES string of the molecule is CCC(C)(CNC(=O)CSCc1cccc(Cl)c1)C(=O)O. The van der Waals surface area contributed by atoms with Crippen LogP contribution in [0.2, 0.25) is 5.02 Å². The first-order valence-corrected chi connectivity index (χ1v) is 8.23. The molecule has 1 unspecified atom stereocenters. The summed E-state index contributed by atoms with van der Waals surface area (Å²) in [4.78, 5) is 22.9. The molecular formula is C15H20ClNO3S. The van der Waals surface area contributed by atoms with Crippen LogP contribution in [0.25, 0.3) is 0 Å². The van der Waals surface area contributed by atoms with Crippen molar-refractivity contribution in [3.05, 3.63) is 34.9 Å². The molecule has 0 aliphatic carbocycles. The van der Waals surface area contributed by atoms with Gasteiger partial charge in [-0.15, -0.1) is 11.8 Å². The van der Waals surface area contributed by atoms with Crippen LogP contribution in [0.1, 0.15) is 25.8 Å². The van der Waals surface area contributed by atoms with Crippen molar-refractivity contribution >= 4 is 35.2 Å². The van der Waals surface area contributed by atoms with Gasteiger partial charge in [-0.05, 0) is 31.0 Å². The van der Waals surface area contributed by atoms with E-state index in [-0.39, 0.29) is 12.5 Å². The number of thioether (sulfide) groups is 1. The predicted molar refractivity (Wildman–Crippen MR) is 86.7 cm³/mol. The van der Waals surface area contributed by atoms with Crippen molar-refractivity contribution in [3.8, 4) is 0 Å². The third-order valence-electron chi connectivity index (χ3n) is 3.36. The summed E-state index contributed by atoms with van der Waals surface area (Å²) in [5.74, 6) is -0.0519. The normalized spacial score (nSPS) is 13.5. The highest BCUT2D eigenvalue weighted by molar-refractivity contribution is 7.99. The molecule has 1 atom stereocenters. The van der Waals surface area contributed by atoms with Crippen LogP contribution in [-0.4, -0.2) is 29.3 Å². The summed E-state index contributed by atoms with van der Waals surface area (Å²) < 4.78 is 0. The largest absolute Gasteiger partial charge is 0.481 e. The first kappa shape index (κ1) is 17.9. The van der Waals surface area contributed by atoms with Crippen LogP contribution >= 0.6 is 23.4 Å². The topological polar surface area (TPSA) is 66.4 Å². The minimum Gasteiger partial charge on any atom is -0.481 e. The fraction of sp³-hybridized carbons (Fsp3) is 0.467. The highest BCUT2D eigenvalue weighted by Gasteiger charge is 2.31. The number of carboxylic acid groups (broad SMARTS) is 1. The molecule has 0 heterocycles. The molecule has 0 bridgehead atoms. The van der Waals surface area contributed by atoms with Crippen molar-refractivity contribution in [1.82, 2.24) is 5.32 Å². The Kier molecular flexibility index (Phi) is 7.05. The number of aliphatic carboxylic acids is 1. The van der Waals surface area contributed by atoms with E-state index in [0.29, 0.717) is 22.9 Å². The van der Waals surface area contributed by atoms with Gasteiger partial charge in [-0.2, -0.15) is 0 Å². The number of benzene rings is 1. The molecule has 0 saturated heterocycles. The van der Waals surface area contributed by atoms with Crippen molar-refractivity contribution in [2.24, 2.45) is 5.41 Å². The zero-order chi connectivity index (χ0) is 15.9. The minimum atomic E-state index is -0.909. The molecule has 2 N–H and O–H groups in total. The average molecular weight is 330 g/mol. The smallest absolute Gasteiger partial charge is 0.311 e. The Morgan fingerprint density at radius 1 is 1.43 bits per heavy atom. The molecule has 0 aliphatic heterocycles. The van der Waals surface area contributed by atoms with Gasteiger partial charge in [0.25, 0.3) is 0 Å².